The zero-order valence-corrected chi connectivity index (χ0v) is 11.9. The van der Waals surface area contributed by atoms with E-state index in [2.05, 4.69) is 15.3 Å². The van der Waals surface area contributed by atoms with Crippen molar-refractivity contribution in [3.05, 3.63) is 64.2 Å². The number of anilines is 1. The average molecular weight is 309 g/mol. The summed E-state index contributed by atoms with van der Waals surface area (Å²) in [4.78, 5) is 18.3. The molecule has 1 aliphatic heterocycles. The number of aromatic nitrogens is 2. The van der Waals surface area contributed by atoms with E-state index in [9.17, 15) is 10.1 Å². The number of imidazole rings is 1. The number of guanidine groups is 1. The molecule has 8 heteroatoms. The lowest BCUT2D eigenvalue weighted by Gasteiger charge is -2.17. The van der Waals surface area contributed by atoms with Crippen LogP contribution in [0.3, 0.4) is 0 Å². The average Bonchev–Trinajstić information content (AvgIpc) is 2.92. The van der Waals surface area contributed by atoms with E-state index >= 15 is 0 Å². The topological polar surface area (TPSA) is 113 Å². The Bertz CT molecular complexity index is 962. The second-order valence-electron chi connectivity index (χ2n) is 5.23. The number of nitro groups is 1. The van der Waals surface area contributed by atoms with Crippen molar-refractivity contribution in [1.29, 1.82) is 0 Å². The number of rotatable bonds is 2. The predicted molar refractivity (Wildman–Crippen MR) is 85.0 cm³/mol. The first-order valence-corrected chi connectivity index (χ1v) is 7.00. The molecule has 2 aromatic carbocycles. The van der Waals surface area contributed by atoms with Gasteiger partial charge >= 0.3 is 5.95 Å². The molecule has 1 aromatic heterocycles. The number of hydrogen-bond acceptors (Lipinski definition) is 5. The van der Waals surface area contributed by atoms with Gasteiger partial charge in [-0.05, 0) is 12.1 Å². The Balaban J connectivity index is 1.93. The van der Waals surface area contributed by atoms with Gasteiger partial charge in [0.2, 0.25) is 6.17 Å². The zero-order valence-electron chi connectivity index (χ0n) is 11.9. The fourth-order valence-electron chi connectivity index (χ4n) is 2.81. The number of aliphatic imine (C=N–C) groups is 1. The molecular formula is C15H13N6O2+. The smallest absolute Gasteiger partial charge is 0.357 e. The third-order valence-corrected chi connectivity index (χ3v) is 3.79. The third kappa shape index (κ3) is 2.08. The van der Waals surface area contributed by atoms with Gasteiger partial charge in [-0.15, -0.1) is 0 Å². The molecule has 0 radical (unpaired) electrons. The standard InChI is InChI=1S/C15H12N6O2/c16-14-18-13(9-4-3-5-10(8-9)21(22)23)20-12-7-2-1-6-11(12)17-15(20)19-14/h1-8,13H,(H3,16,17,18,19)/p+1/t13-/m1/s1. The van der Waals surface area contributed by atoms with Crippen LogP contribution in [0, 0.1) is 10.1 Å². The molecule has 1 aliphatic rings. The van der Waals surface area contributed by atoms with Gasteiger partial charge < -0.3 is 5.73 Å². The van der Waals surface area contributed by atoms with Crippen molar-refractivity contribution in [3.63, 3.8) is 0 Å². The molecule has 1 atom stereocenters. The summed E-state index contributed by atoms with van der Waals surface area (Å²) in [5.41, 5.74) is 8.45. The number of H-pyrrole nitrogens is 1. The molecule has 4 rings (SSSR count). The Morgan fingerprint density at radius 1 is 1.22 bits per heavy atom. The first kappa shape index (κ1) is 13.3. The molecule has 0 bridgehead atoms. The number of nitrogens with zero attached hydrogens (tertiary/aromatic N) is 3. The molecule has 114 valence electrons. The Morgan fingerprint density at radius 3 is 2.87 bits per heavy atom. The van der Waals surface area contributed by atoms with Crippen LogP contribution in [-0.2, 0) is 0 Å². The maximum atomic E-state index is 11.0. The second-order valence-corrected chi connectivity index (χ2v) is 5.23. The van der Waals surface area contributed by atoms with E-state index in [0.29, 0.717) is 11.5 Å². The first-order chi connectivity index (χ1) is 11.1. The summed E-state index contributed by atoms with van der Waals surface area (Å²) >= 11 is 0. The molecule has 0 fully saturated rings. The minimum Gasteiger partial charge on any atom is -0.357 e. The van der Waals surface area contributed by atoms with Crippen LogP contribution in [-0.4, -0.2) is 15.9 Å². The number of benzene rings is 2. The van der Waals surface area contributed by atoms with Gasteiger partial charge in [0.25, 0.3) is 11.6 Å². The van der Waals surface area contributed by atoms with Gasteiger partial charge in [0, 0.05) is 17.7 Å². The van der Waals surface area contributed by atoms with E-state index in [1.54, 1.807) is 12.1 Å². The van der Waals surface area contributed by atoms with Crippen molar-refractivity contribution < 1.29 is 9.49 Å². The summed E-state index contributed by atoms with van der Waals surface area (Å²) < 4.78 is 1.94. The predicted octanol–water partition coefficient (Wildman–Crippen LogP) is 1.65. The quantitative estimate of drug-likeness (QED) is 0.379. The lowest BCUT2D eigenvalue weighted by atomic mass is 10.1. The highest BCUT2D eigenvalue weighted by molar-refractivity contribution is 5.92. The van der Waals surface area contributed by atoms with Crippen LogP contribution in [0.1, 0.15) is 11.7 Å². The van der Waals surface area contributed by atoms with Gasteiger partial charge in [-0.3, -0.25) is 10.1 Å². The SMILES string of the molecule is NC1=N[C@@H](c2cccc([N+](=O)[O-])c2)[n+]2c([nH]c3ccccc32)N1. The van der Waals surface area contributed by atoms with Crippen molar-refractivity contribution in [3.8, 4) is 0 Å². The van der Waals surface area contributed by atoms with Crippen molar-refractivity contribution in [2.24, 2.45) is 10.7 Å². The number of nitrogens with two attached hydrogens (primary N) is 1. The highest BCUT2D eigenvalue weighted by Gasteiger charge is 2.31. The molecule has 0 unspecified atom stereocenters. The fourth-order valence-corrected chi connectivity index (χ4v) is 2.81. The van der Waals surface area contributed by atoms with Crippen LogP contribution >= 0.6 is 0 Å². The molecule has 8 nitrogen and oxygen atoms in total. The Hall–Kier alpha value is -3.42. The summed E-state index contributed by atoms with van der Waals surface area (Å²) in [5, 5.41) is 14.0. The number of nitrogens with one attached hydrogen (secondary N) is 2. The maximum Gasteiger partial charge on any atom is 0.365 e. The van der Waals surface area contributed by atoms with E-state index in [1.807, 2.05) is 28.8 Å². The summed E-state index contributed by atoms with van der Waals surface area (Å²) in [6, 6.07) is 14.2. The van der Waals surface area contributed by atoms with Crippen LogP contribution in [0.2, 0.25) is 0 Å². The van der Waals surface area contributed by atoms with Gasteiger partial charge in [-0.1, -0.05) is 24.3 Å². The Labute approximate surface area is 130 Å². The van der Waals surface area contributed by atoms with E-state index < -0.39 is 11.1 Å². The molecule has 0 spiro atoms. The fraction of sp³-hybridized carbons (Fsp3) is 0.0667. The summed E-state index contributed by atoms with van der Waals surface area (Å²) in [7, 11) is 0. The van der Waals surface area contributed by atoms with E-state index in [-0.39, 0.29) is 11.6 Å². The minimum atomic E-state index is -0.470. The van der Waals surface area contributed by atoms with Crippen molar-refractivity contribution in [1.82, 2.24) is 4.98 Å². The number of non-ortho nitro benzene ring substituents is 1. The highest BCUT2D eigenvalue weighted by Crippen LogP contribution is 2.26. The van der Waals surface area contributed by atoms with Crippen LogP contribution in [0.15, 0.2) is 53.5 Å². The van der Waals surface area contributed by atoms with Crippen molar-refractivity contribution >= 4 is 28.6 Å². The van der Waals surface area contributed by atoms with Gasteiger partial charge in [-0.25, -0.2) is 14.9 Å². The van der Waals surface area contributed by atoms with E-state index in [0.717, 1.165) is 11.0 Å². The Kier molecular flexibility index (Phi) is 2.77. The monoisotopic (exact) mass is 309 g/mol. The molecule has 2 heterocycles. The van der Waals surface area contributed by atoms with Crippen LogP contribution in [0.5, 0.6) is 0 Å². The maximum absolute atomic E-state index is 11.0. The molecule has 0 aliphatic carbocycles. The number of para-hydroxylation sites is 2. The summed E-state index contributed by atoms with van der Waals surface area (Å²) in [5.74, 6) is 0.947. The molecule has 3 aromatic rings. The van der Waals surface area contributed by atoms with Crippen LogP contribution in [0.25, 0.3) is 11.0 Å². The molecule has 0 saturated heterocycles. The van der Waals surface area contributed by atoms with Crippen LogP contribution < -0.4 is 15.6 Å². The van der Waals surface area contributed by atoms with Crippen molar-refractivity contribution in [2.75, 3.05) is 5.32 Å². The lowest BCUT2D eigenvalue weighted by Crippen LogP contribution is -2.48. The molecule has 4 N–H and O–H groups in total. The molecule has 0 saturated carbocycles. The van der Waals surface area contributed by atoms with Gasteiger partial charge in [0.1, 0.15) is 11.0 Å². The minimum absolute atomic E-state index is 0.0248. The molecular weight excluding hydrogens is 296 g/mol. The number of hydrogen-bond donors (Lipinski definition) is 3. The lowest BCUT2D eigenvalue weighted by molar-refractivity contribution is -0.674. The van der Waals surface area contributed by atoms with Gasteiger partial charge in [0.05, 0.1) is 4.92 Å². The largest absolute Gasteiger partial charge is 0.365 e. The van der Waals surface area contributed by atoms with E-state index in [1.165, 1.54) is 12.1 Å². The number of nitro benzene ring substituents is 1. The molecule has 23 heavy (non-hydrogen) atoms. The number of aromatic amines is 1. The van der Waals surface area contributed by atoms with Gasteiger partial charge in [0.15, 0.2) is 0 Å². The number of fused-ring (bicyclic) bond motifs is 3. The Morgan fingerprint density at radius 2 is 2.04 bits per heavy atom. The third-order valence-electron chi connectivity index (χ3n) is 3.79. The zero-order chi connectivity index (χ0) is 16.0. The van der Waals surface area contributed by atoms with E-state index in [4.69, 9.17) is 5.73 Å². The van der Waals surface area contributed by atoms with Crippen LogP contribution in [0.4, 0.5) is 11.6 Å². The van der Waals surface area contributed by atoms with Gasteiger partial charge in [-0.2, -0.15) is 4.99 Å². The summed E-state index contributed by atoms with van der Waals surface area (Å²) in [6.07, 6.45) is -0.470. The summed E-state index contributed by atoms with van der Waals surface area (Å²) in [6.45, 7) is 0. The first-order valence-electron chi connectivity index (χ1n) is 7.00. The highest BCUT2D eigenvalue weighted by atomic mass is 16.6. The van der Waals surface area contributed by atoms with Crippen molar-refractivity contribution in [2.45, 2.75) is 6.17 Å². The second kappa shape index (κ2) is 4.80. The normalized spacial score (nSPS) is 16.5. The molecule has 0 amide bonds.